The van der Waals surface area contributed by atoms with Crippen molar-refractivity contribution in [1.29, 1.82) is 0 Å². The van der Waals surface area contributed by atoms with Gasteiger partial charge in [0.25, 0.3) is 5.56 Å². The molecule has 0 N–H and O–H groups in total. The van der Waals surface area contributed by atoms with Gasteiger partial charge in [-0.15, -0.1) is 0 Å². The lowest BCUT2D eigenvalue weighted by atomic mass is 9.96. The number of hydrogen-bond acceptors (Lipinski definition) is 6. The Morgan fingerprint density at radius 3 is 2.72 bits per heavy atom. The van der Waals surface area contributed by atoms with Gasteiger partial charge in [-0.05, 0) is 72.3 Å². The van der Waals surface area contributed by atoms with Crippen molar-refractivity contribution in [2.75, 3.05) is 13.2 Å². The summed E-state index contributed by atoms with van der Waals surface area (Å²) in [6.07, 6.45) is 3.40. The van der Waals surface area contributed by atoms with E-state index in [1.54, 1.807) is 38.1 Å². The first kappa shape index (κ1) is 26.5. The van der Waals surface area contributed by atoms with E-state index < -0.39 is 17.8 Å². The summed E-state index contributed by atoms with van der Waals surface area (Å²) in [6, 6.07) is 8.71. The van der Waals surface area contributed by atoms with Crippen LogP contribution in [0, 0.1) is 9.39 Å². The van der Waals surface area contributed by atoms with E-state index in [1.165, 1.54) is 28.0 Å². The molecule has 0 unspecified atom stereocenters. The second-order valence-electron chi connectivity index (χ2n) is 7.76. The molecule has 0 saturated carbocycles. The van der Waals surface area contributed by atoms with Gasteiger partial charge in [-0.3, -0.25) is 9.36 Å². The predicted octanol–water partition coefficient (Wildman–Crippen LogP) is 4.87. The van der Waals surface area contributed by atoms with Gasteiger partial charge < -0.3 is 9.47 Å². The summed E-state index contributed by atoms with van der Waals surface area (Å²) in [4.78, 5) is 31.7. The van der Waals surface area contributed by atoms with Crippen molar-refractivity contribution in [3.8, 4) is 5.75 Å². The molecule has 36 heavy (non-hydrogen) atoms. The van der Waals surface area contributed by atoms with E-state index in [-0.39, 0.29) is 17.7 Å². The molecule has 1 aliphatic heterocycles. The molecule has 6 nitrogen and oxygen atoms in total. The maximum atomic E-state index is 13.8. The molecule has 1 atom stereocenters. The normalized spacial score (nSPS) is 15.4. The van der Waals surface area contributed by atoms with Crippen LogP contribution in [0.1, 0.15) is 31.0 Å². The number of benzene rings is 2. The van der Waals surface area contributed by atoms with Gasteiger partial charge in [0, 0.05) is 10.0 Å². The Balaban J connectivity index is 1.96. The standard InChI is InChI=1S/C26H21BrFIN2O4S/c1-4-10-35-23-16(11-17(27)13-19(23)29)12-20-24(32)31-22(15-6-8-18(28)9-7-15)21(25(33)34-5-2)14(3)30-26(31)36-20/h4,6-9,11-13,22H,1,5,10H2,2-3H3/b20-12-/t22-/m1/s1. The number of fused-ring (bicyclic) bond motifs is 1. The summed E-state index contributed by atoms with van der Waals surface area (Å²) in [5, 5.41) is 0. The minimum absolute atomic E-state index is 0.172. The number of carbonyl (C=O) groups excluding carboxylic acids is 1. The zero-order valence-electron chi connectivity index (χ0n) is 19.4. The van der Waals surface area contributed by atoms with Gasteiger partial charge in [0.2, 0.25) is 0 Å². The zero-order valence-corrected chi connectivity index (χ0v) is 23.9. The number of nitrogens with zero attached hydrogens (tertiary/aromatic N) is 2. The fourth-order valence-corrected chi connectivity index (χ4v) is 6.62. The summed E-state index contributed by atoms with van der Waals surface area (Å²) < 4.78 is 28.4. The average molecular weight is 683 g/mol. The van der Waals surface area contributed by atoms with E-state index in [4.69, 9.17) is 9.47 Å². The van der Waals surface area contributed by atoms with Crippen LogP contribution in [0.5, 0.6) is 5.75 Å². The van der Waals surface area contributed by atoms with E-state index in [2.05, 4.69) is 50.1 Å². The van der Waals surface area contributed by atoms with E-state index in [0.29, 0.717) is 38.5 Å². The highest BCUT2D eigenvalue weighted by atomic mass is 127. The van der Waals surface area contributed by atoms with Crippen LogP contribution in [0.4, 0.5) is 4.39 Å². The SMILES string of the molecule is C=CCOc1c(I)cc(Br)cc1/C=c1\sc2n(c1=O)[C@H](c1ccc(F)cc1)C(C(=O)OCC)=C(C)N=2. The third-order valence-electron chi connectivity index (χ3n) is 5.37. The lowest BCUT2D eigenvalue weighted by Gasteiger charge is -2.24. The first-order valence-electron chi connectivity index (χ1n) is 10.9. The molecule has 4 rings (SSSR count). The Kier molecular flexibility index (Phi) is 8.26. The van der Waals surface area contributed by atoms with Crippen LogP contribution in [-0.4, -0.2) is 23.8 Å². The second kappa shape index (κ2) is 11.2. The molecule has 0 radical (unpaired) electrons. The topological polar surface area (TPSA) is 69.9 Å². The number of thiazole rings is 1. The van der Waals surface area contributed by atoms with Gasteiger partial charge in [0.1, 0.15) is 18.2 Å². The molecule has 0 aliphatic carbocycles. The number of allylic oxidation sites excluding steroid dienone is 1. The number of hydrogen-bond donors (Lipinski definition) is 0. The molecule has 186 valence electrons. The predicted molar refractivity (Wildman–Crippen MR) is 149 cm³/mol. The lowest BCUT2D eigenvalue weighted by molar-refractivity contribution is -0.139. The summed E-state index contributed by atoms with van der Waals surface area (Å²) in [6.45, 7) is 7.60. The van der Waals surface area contributed by atoms with Gasteiger partial charge in [0.05, 0.1) is 32.0 Å². The molecule has 0 bridgehead atoms. The number of rotatable bonds is 7. The van der Waals surface area contributed by atoms with Gasteiger partial charge in [-0.25, -0.2) is 14.2 Å². The molecule has 3 aromatic rings. The van der Waals surface area contributed by atoms with Gasteiger partial charge >= 0.3 is 5.97 Å². The molecule has 0 amide bonds. The molecule has 0 saturated heterocycles. The molecule has 10 heteroatoms. The Bertz CT molecular complexity index is 1560. The second-order valence-corrected chi connectivity index (χ2v) is 10.8. The quantitative estimate of drug-likeness (QED) is 0.203. The van der Waals surface area contributed by atoms with Crippen LogP contribution in [0.15, 0.2) is 74.6 Å². The van der Waals surface area contributed by atoms with Gasteiger partial charge in [-0.1, -0.05) is 52.1 Å². The van der Waals surface area contributed by atoms with Crippen LogP contribution >= 0.6 is 49.9 Å². The number of aromatic nitrogens is 1. The van der Waals surface area contributed by atoms with Crippen molar-refractivity contribution in [2.24, 2.45) is 4.99 Å². The smallest absolute Gasteiger partial charge is 0.338 e. The third-order valence-corrected chi connectivity index (χ3v) is 7.61. The fraction of sp³-hybridized carbons (Fsp3) is 0.192. The number of halogens is 3. The van der Waals surface area contributed by atoms with E-state index in [0.717, 1.165) is 8.04 Å². The number of carbonyl (C=O) groups is 1. The Morgan fingerprint density at radius 2 is 2.06 bits per heavy atom. The van der Waals surface area contributed by atoms with Crippen LogP contribution in [0.3, 0.4) is 0 Å². The first-order valence-corrected chi connectivity index (χ1v) is 13.6. The van der Waals surface area contributed by atoms with Crippen LogP contribution in [-0.2, 0) is 9.53 Å². The summed E-state index contributed by atoms with van der Waals surface area (Å²) in [5.41, 5.74) is 1.65. The van der Waals surface area contributed by atoms with Crippen molar-refractivity contribution < 1.29 is 18.7 Å². The van der Waals surface area contributed by atoms with Crippen LogP contribution < -0.4 is 19.6 Å². The van der Waals surface area contributed by atoms with Crippen molar-refractivity contribution >= 4 is 61.9 Å². The Morgan fingerprint density at radius 1 is 1.33 bits per heavy atom. The molecule has 2 aromatic carbocycles. The fourth-order valence-electron chi connectivity index (χ4n) is 3.88. The minimum Gasteiger partial charge on any atom is -0.488 e. The highest BCUT2D eigenvalue weighted by Crippen LogP contribution is 2.32. The molecular weight excluding hydrogens is 662 g/mol. The largest absolute Gasteiger partial charge is 0.488 e. The average Bonchev–Trinajstić information content (AvgIpc) is 3.12. The Labute approximate surface area is 232 Å². The van der Waals surface area contributed by atoms with Crippen molar-refractivity contribution in [3.05, 3.63) is 105 Å². The lowest BCUT2D eigenvalue weighted by Crippen LogP contribution is -2.39. The molecule has 0 spiro atoms. The molecule has 1 aromatic heterocycles. The van der Waals surface area contributed by atoms with Gasteiger partial charge in [-0.2, -0.15) is 0 Å². The maximum Gasteiger partial charge on any atom is 0.338 e. The van der Waals surface area contributed by atoms with Crippen molar-refractivity contribution in [3.63, 3.8) is 0 Å². The van der Waals surface area contributed by atoms with Crippen LogP contribution in [0.25, 0.3) is 6.08 Å². The summed E-state index contributed by atoms with van der Waals surface area (Å²) in [5.74, 6) is -0.354. The number of ether oxygens (including phenoxy) is 2. The van der Waals surface area contributed by atoms with Crippen LogP contribution in [0.2, 0.25) is 0 Å². The maximum absolute atomic E-state index is 13.8. The zero-order chi connectivity index (χ0) is 26.0. The van der Waals surface area contributed by atoms with E-state index >= 15 is 0 Å². The van der Waals surface area contributed by atoms with Crippen molar-refractivity contribution in [1.82, 2.24) is 4.57 Å². The number of esters is 1. The summed E-state index contributed by atoms with van der Waals surface area (Å²) in [7, 11) is 0. The highest BCUT2D eigenvalue weighted by Gasteiger charge is 2.33. The summed E-state index contributed by atoms with van der Waals surface area (Å²) >= 11 is 6.89. The minimum atomic E-state index is -0.804. The molecule has 2 heterocycles. The molecular formula is C26H21BrFIN2O4S. The van der Waals surface area contributed by atoms with Gasteiger partial charge in [0.15, 0.2) is 4.80 Å². The molecule has 0 fully saturated rings. The van der Waals surface area contributed by atoms with E-state index in [9.17, 15) is 14.0 Å². The monoisotopic (exact) mass is 682 g/mol. The first-order chi connectivity index (χ1) is 17.2. The molecule has 1 aliphatic rings. The van der Waals surface area contributed by atoms with E-state index in [1.807, 2.05) is 12.1 Å². The highest BCUT2D eigenvalue weighted by molar-refractivity contribution is 14.1. The van der Waals surface area contributed by atoms with Crippen molar-refractivity contribution in [2.45, 2.75) is 19.9 Å². The third kappa shape index (κ3) is 5.25. The Hall–Kier alpha value is -2.57.